The summed E-state index contributed by atoms with van der Waals surface area (Å²) in [6, 6.07) is 2.11. The van der Waals surface area contributed by atoms with E-state index in [4.69, 9.17) is 4.55 Å². The molecule has 0 radical (unpaired) electrons. The molecule has 0 spiro atoms. The molecule has 0 bridgehead atoms. The SMILES string of the molecule is CC(C)NC(=O)c1ccc(S(=O)(=O)O)o1.[NaH]. The molecule has 1 amide bonds. The summed E-state index contributed by atoms with van der Waals surface area (Å²) in [6.07, 6.45) is 0. The minimum absolute atomic E-state index is 0. The van der Waals surface area contributed by atoms with Crippen LogP contribution in [0.15, 0.2) is 21.6 Å². The van der Waals surface area contributed by atoms with Gasteiger partial charge in [0.15, 0.2) is 5.76 Å². The molecule has 0 atom stereocenters. The fourth-order valence-electron chi connectivity index (χ4n) is 0.914. The Kier molecular flexibility index (Phi) is 5.71. The van der Waals surface area contributed by atoms with E-state index in [0.29, 0.717) is 0 Å². The number of hydrogen-bond donors (Lipinski definition) is 2. The molecule has 0 aromatic carbocycles. The molecule has 6 nitrogen and oxygen atoms in total. The van der Waals surface area contributed by atoms with Crippen molar-refractivity contribution in [3.8, 4) is 0 Å². The van der Waals surface area contributed by atoms with Crippen LogP contribution in [-0.2, 0) is 10.1 Å². The van der Waals surface area contributed by atoms with Gasteiger partial charge in [-0.1, -0.05) is 0 Å². The minimum atomic E-state index is -4.39. The normalized spacial score (nSPS) is 11.0. The molecule has 1 heterocycles. The van der Waals surface area contributed by atoms with Gasteiger partial charge in [0.05, 0.1) is 0 Å². The summed E-state index contributed by atoms with van der Waals surface area (Å²) >= 11 is 0. The van der Waals surface area contributed by atoms with E-state index >= 15 is 0 Å². The molecule has 1 aromatic rings. The number of amides is 1. The van der Waals surface area contributed by atoms with E-state index in [0.717, 1.165) is 6.07 Å². The van der Waals surface area contributed by atoms with Gasteiger partial charge in [0, 0.05) is 6.04 Å². The van der Waals surface area contributed by atoms with E-state index < -0.39 is 21.1 Å². The van der Waals surface area contributed by atoms with Crippen LogP contribution in [-0.4, -0.2) is 54.5 Å². The third-order valence-electron chi connectivity index (χ3n) is 1.48. The van der Waals surface area contributed by atoms with Gasteiger partial charge in [-0.2, -0.15) is 8.42 Å². The maximum atomic E-state index is 11.3. The summed E-state index contributed by atoms with van der Waals surface area (Å²) in [7, 11) is -4.39. The molecular formula is C8H12NNaO5S. The first-order chi connectivity index (χ1) is 6.80. The van der Waals surface area contributed by atoms with Crippen molar-refractivity contribution in [1.29, 1.82) is 0 Å². The number of nitrogens with one attached hydrogen (secondary N) is 1. The van der Waals surface area contributed by atoms with Gasteiger partial charge in [0.25, 0.3) is 5.91 Å². The Labute approximate surface area is 115 Å². The molecule has 8 heteroatoms. The van der Waals surface area contributed by atoms with Crippen LogP contribution in [0.4, 0.5) is 0 Å². The van der Waals surface area contributed by atoms with Gasteiger partial charge in [-0.25, -0.2) is 0 Å². The first-order valence-electron chi connectivity index (χ1n) is 4.19. The van der Waals surface area contributed by atoms with Crippen molar-refractivity contribution < 1.29 is 22.2 Å². The average Bonchev–Trinajstić information content (AvgIpc) is 2.48. The van der Waals surface area contributed by atoms with Gasteiger partial charge in [0.1, 0.15) is 0 Å². The average molecular weight is 257 g/mol. The fraction of sp³-hybridized carbons (Fsp3) is 0.375. The number of hydrogen-bond acceptors (Lipinski definition) is 4. The second-order valence-electron chi connectivity index (χ2n) is 3.22. The quantitative estimate of drug-likeness (QED) is 0.587. The van der Waals surface area contributed by atoms with Crippen molar-refractivity contribution in [2.75, 3.05) is 0 Å². The van der Waals surface area contributed by atoms with Crippen LogP contribution in [0.3, 0.4) is 0 Å². The molecule has 0 aliphatic rings. The van der Waals surface area contributed by atoms with Gasteiger partial charge in [0.2, 0.25) is 5.09 Å². The Hall–Kier alpha value is -0.340. The van der Waals surface area contributed by atoms with Gasteiger partial charge < -0.3 is 9.73 Å². The summed E-state index contributed by atoms with van der Waals surface area (Å²) in [5.74, 6) is -0.684. The number of furan rings is 1. The zero-order valence-electron chi connectivity index (χ0n) is 8.22. The number of carbonyl (C=O) groups excluding carboxylic acids is 1. The van der Waals surface area contributed by atoms with Crippen LogP contribution in [0.5, 0.6) is 0 Å². The van der Waals surface area contributed by atoms with E-state index in [-0.39, 0.29) is 41.4 Å². The molecule has 2 N–H and O–H groups in total. The van der Waals surface area contributed by atoms with Gasteiger partial charge in [-0.15, -0.1) is 0 Å². The van der Waals surface area contributed by atoms with Crippen molar-refractivity contribution in [3.63, 3.8) is 0 Å². The summed E-state index contributed by atoms with van der Waals surface area (Å²) < 4.78 is 34.5. The van der Waals surface area contributed by atoms with Crippen molar-refractivity contribution in [2.24, 2.45) is 0 Å². The molecule has 0 aliphatic heterocycles. The van der Waals surface area contributed by atoms with Crippen LogP contribution < -0.4 is 5.32 Å². The van der Waals surface area contributed by atoms with E-state index in [1.165, 1.54) is 6.07 Å². The zero-order chi connectivity index (χ0) is 11.6. The van der Waals surface area contributed by atoms with Gasteiger partial charge >= 0.3 is 39.7 Å². The van der Waals surface area contributed by atoms with Gasteiger partial charge in [-0.05, 0) is 26.0 Å². The summed E-state index contributed by atoms with van der Waals surface area (Å²) in [6.45, 7) is 3.51. The predicted octanol–water partition coefficient (Wildman–Crippen LogP) is 0.0160. The zero-order valence-corrected chi connectivity index (χ0v) is 9.04. The van der Waals surface area contributed by atoms with E-state index in [1.807, 2.05) is 0 Å². The topological polar surface area (TPSA) is 96.6 Å². The molecule has 0 saturated heterocycles. The van der Waals surface area contributed by atoms with Crippen LogP contribution in [0, 0.1) is 0 Å². The summed E-state index contributed by atoms with van der Waals surface area (Å²) in [5.41, 5.74) is 0. The Balaban J connectivity index is 0.00000225. The standard InChI is InChI=1S/C8H11NO5S.Na.H/c1-5(2)9-8(10)6-3-4-7(14-6)15(11,12)13;;/h3-5H,1-2H3,(H,9,10)(H,11,12,13);;. The second kappa shape index (κ2) is 5.83. The summed E-state index contributed by atoms with van der Waals surface area (Å²) in [4.78, 5) is 11.3. The van der Waals surface area contributed by atoms with E-state index in [9.17, 15) is 13.2 Å². The molecule has 0 saturated carbocycles. The molecule has 0 aliphatic carbocycles. The molecule has 0 fully saturated rings. The van der Waals surface area contributed by atoms with Gasteiger partial charge in [-0.3, -0.25) is 9.35 Å². The number of rotatable bonds is 3. The van der Waals surface area contributed by atoms with Crippen LogP contribution in [0.1, 0.15) is 24.4 Å². The Bertz CT molecular complexity index is 465. The molecule has 16 heavy (non-hydrogen) atoms. The van der Waals surface area contributed by atoms with Crippen molar-refractivity contribution >= 4 is 45.6 Å². The van der Waals surface area contributed by atoms with E-state index in [2.05, 4.69) is 9.73 Å². The predicted molar refractivity (Wildman–Crippen MR) is 58.3 cm³/mol. The van der Waals surface area contributed by atoms with Crippen molar-refractivity contribution in [2.45, 2.75) is 25.0 Å². The van der Waals surface area contributed by atoms with E-state index in [1.54, 1.807) is 13.8 Å². The Morgan fingerprint density at radius 3 is 2.38 bits per heavy atom. The fourth-order valence-corrected chi connectivity index (χ4v) is 1.35. The maximum absolute atomic E-state index is 11.3. The van der Waals surface area contributed by atoms with Crippen LogP contribution in [0.2, 0.25) is 0 Å². The number of carbonyl (C=O) groups is 1. The second-order valence-corrected chi connectivity index (χ2v) is 4.57. The molecule has 1 rings (SSSR count). The molecule has 86 valence electrons. The molecule has 1 aromatic heterocycles. The first-order valence-corrected chi connectivity index (χ1v) is 5.63. The molecular weight excluding hydrogens is 245 g/mol. The third kappa shape index (κ3) is 4.26. The molecule has 0 unspecified atom stereocenters. The van der Waals surface area contributed by atoms with Crippen LogP contribution >= 0.6 is 0 Å². The third-order valence-corrected chi connectivity index (χ3v) is 2.21. The Morgan fingerprint density at radius 2 is 2.00 bits per heavy atom. The van der Waals surface area contributed by atoms with Crippen molar-refractivity contribution in [1.82, 2.24) is 5.32 Å². The van der Waals surface area contributed by atoms with Crippen LogP contribution in [0.25, 0.3) is 0 Å². The Morgan fingerprint density at radius 1 is 1.44 bits per heavy atom. The van der Waals surface area contributed by atoms with Crippen molar-refractivity contribution in [3.05, 3.63) is 17.9 Å². The first kappa shape index (κ1) is 15.7. The summed E-state index contributed by atoms with van der Waals surface area (Å²) in [5, 5.41) is 1.87. The monoisotopic (exact) mass is 257 g/mol.